The van der Waals surface area contributed by atoms with Crippen molar-refractivity contribution in [3.05, 3.63) is 95.1 Å². The molecule has 214 valence electrons. The molecule has 6 heteroatoms. The maximum absolute atomic E-state index is 17.2. The highest BCUT2D eigenvalue weighted by Crippen LogP contribution is 2.66. The smallest absolute Gasteiger partial charge is 0.166 e. The van der Waals surface area contributed by atoms with Crippen LogP contribution >= 0.6 is 0 Å². The second-order valence-electron chi connectivity index (χ2n) is 13.1. The van der Waals surface area contributed by atoms with Gasteiger partial charge in [0.2, 0.25) is 0 Å². The van der Waals surface area contributed by atoms with Crippen molar-refractivity contribution < 1.29 is 19.0 Å². The molecule has 3 fully saturated rings. The number of ether oxygens (including phenoxy) is 2. The maximum Gasteiger partial charge on any atom is 0.166 e. The van der Waals surface area contributed by atoms with Gasteiger partial charge in [0.1, 0.15) is 24.3 Å². The number of rotatable bonds is 8. The minimum Gasteiger partial charge on any atom is -0.485 e. The SMILES string of the molecule is CN(Cc1ccccc1)[C@@H]1CC[C@@]2(O)[C@H]3Cc4ccc(OCc5ccccc5)c5c4[C@@]2([C@@H](F)CN3CC2CC2)[C@H]1O5. The molecule has 1 saturated heterocycles. The Kier molecular flexibility index (Phi) is 6.00. The molecule has 2 bridgehead atoms. The Hall–Kier alpha value is -2.93. The number of benzene rings is 3. The molecular formula is C35H39FN2O3. The molecular weight excluding hydrogens is 515 g/mol. The minimum absolute atomic E-state index is 0.0373. The van der Waals surface area contributed by atoms with Crippen LogP contribution in [0.1, 0.15) is 47.9 Å². The average molecular weight is 555 g/mol. The fourth-order valence-electron chi connectivity index (χ4n) is 8.73. The van der Waals surface area contributed by atoms with Crippen molar-refractivity contribution in [3.8, 4) is 11.5 Å². The Labute approximate surface area is 241 Å². The van der Waals surface area contributed by atoms with Crippen molar-refractivity contribution in [2.24, 2.45) is 5.92 Å². The number of likely N-dealkylation sites (tertiary alicyclic amines) is 1. The molecule has 2 saturated carbocycles. The van der Waals surface area contributed by atoms with E-state index in [0.717, 1.165) is 42.6 Å². The molecule has 41 heavy (non-hydrogen) atoms. The molecule has 0 radical (unpaired) electrons. The van der Waals surface area contributed by atoms with Gasteiger partial charge in [-0.3, -0.25) is 9.80 Å². The number of alkyl halides is 1. The highest BCUT2D eigenvalue weighted by Gasteiger charge is 2.77. The number of halogens is 1. The number of nitrogens with zero attached hydrogens (tertiary/aromatic N) is 2. The summed E-state index contributed by atoms with van der Waals surface area (Å²) < 4.78 is 30.5. The van der Waals surface area contributed by atoms with Gasteiger partial charge in [-0.1, -0.05) is 66.7 Å². The van der Waals surface area contributed by atoms with Crippen molar-refractivity contribution in [2.45, 2.75) is 80.6 Å². The predicted octanol–water partition coefficient (Wildman–Crippen LogP) is 5.28. The highest BCUT2D eigenvalue weighted by atomic mass is 19.1. The molecule has 2 aliphatic heterocycles. The van der Waals surface area contributed by atoms with Crippen LogP contribution in [0.2, 0.25) is 0 Å². The van der Waals surface area contributed by atoms with Gasteiger partial charge in [0.05, 0.1) is 5.60 Å². The van der Waals surface area contributed by atoms with Crippen LogP contribution in [0.5, 0.6) is 11.5 Å². The summed E-state index contributed by atoms with van der Waals surface area (Å²) in [7, 11) is 2.12. The van der Waals surface area contributed by atoms with Gasteiger partial charge in [-0.05, 0) is 67.8 Å². The molecule has 0 unspecified atom stereocenters. The van der Waals surface area contributed by atoms with Gasteiger partial charge in [-0.25, -0.2) is 4.39 Å². The first-order valence-electron chi connectivity index (χ1n) is 15.3. The van der Waals surface area contributed by atoms with Gasteiger partial charge in [0.15, 0.2) is 11.5 Å². The predicted molar refractivity (Wildman–Crippen MR) is 156 cm³/mol. The van der Waals surface area contributed by atoms with Gasteiger partial charge in [-0.15, -0.1) is 0 Å². The molecule has 3 aromatic rings. The lowest BCUT2D eigenvalue weighted by Gasteiger charge is -2.65. The normalized spacial score (nSPS) is 33.4. The van der Waals surface area contributed by atoms with E-state index >= 15 is 4.39 Å². The second-order valence-corrected chi connectivity index (χ2v) is 13.1. The Bertz CT molecular complexity index is 1430. The van der Waals surface area contributed by atoms with Crippen LogP contribution < -0.4 is 9.47 Å². The molecule has 8 rings (SSSR count). The van der Waals surface area contributed by atoms with Crippen LogP contribution in [0, 0.1) is 5.92 Å². The first-order chi connectivity index (χ1) is 20.0. The second kappa shape index (κ2) is 9.55. The summed E-state index contributed by atoms with van der Waals surface area (Å²) >= 11 is 0. The summed E-state index contributed by atoms with van der Waals surface area (Å²) in [5.74, 6) is 1.93. The Balaban J connectivity index is 1.22. The summed E-state index contributed by atoms with van der Waals surface area (Å²) in [5.41, 5.74) is 1.97. The fraction of sp³-hybridized carbons (Fsp3) is 0.486. The van der Waals surface area contributed by atoms with Crippen molar-refractivity contribution in [1.82, 2.24) is 9.80 Å². The number of likely N-dealkylation sites (N-methyl/N-ethyl adjacent to an activating group) is 1. The quantitative estimate of drug-likeness (QED) is 0.411. The molecule has 2 heterocycles. The summed E-state index contributed by atoms with van der Waals surface area (Å²) in [6.07, 6.45) is 2.75. The summed E-state index contributed by atoms with van der Waals surface area (Å²) in [6, 6.07) is 24.5. The topological polar surface area (TPSA) is 45.2 Å². The molecule has 5 aliphatic rings. The van der Waals surface area contributed by atoms with Gasteiger partial charge < -0.3 is 14.6 Å². The van der Waals surface area contributed by atoms with E-state index < -0.39 is 23.3 Å². The van der Waals surface area contributed by atoms with E-state index in [1.54, 1.807) is 0 Å². The molecule has 6 atom stereocenters. The largest absolute Gasteiger partial charge is 0.485 e. The monoisotopic (exact) mass is 554 g/mol. The van der Waals surface area contributed by atoms with E-state index in [1.165, 1.54) is 18.4 Å². The van der Waals surface area contributed by atoms with Gasteiger partial charge in [0.25, 0.3) is 0 Å². The first kappa shape index (κ1) is 25.8. The van der Waals surface area contributed by atoms with E-state index in [0.29, 0.717) is 37.0 Å². The molecule has 5 nitrogen and oxygen atoms in total. The van der Waals surface area contributed by atoms with Crippen LogP contribution in [0.4, 0.5) is 4.39 Å². The van der Waals surface area contributed by atoms with Crippen molar-refractivity contribution in [1.29, 1.82) is 0 Å². The standard InChI is InChI=1S/C35H39FN2O3/c1-37(19-23-8-4-2-5-9-23)27-16-17-34(39)30-18-26-14-15-28(40-22-25-10-6-3-7-11-25)32-31(26)35(34,33(27)41-32)29(36)21-38(30)20-24-12-13-24/h2-11,14-15,24,27,29-30,33,39H,12-13,16-22H2,1H3/t27-,29+,30-,33+,34-,35+/m1/s1. The third-order valence-corrected chi connectivity index (χ3v) is 10.8. The zero-order valence-corrected chi connectivity index (χ0v) is 23.7. The van der Waals surface area contributed by atoms with Crippen LogP contribution in [0.3, 0.4) is 0 Å². The van der Waals surface area contributed by atoms with E-state index in [1.807, 2.05) is 42.5 Å². The summed E-state index contributed by atoms with van der Waals surface area (Å²) in [6.45, 7) is 2.39. The molecule has 0 amide bonds. The molecule has 3 aliphatic carbocycles. The van der Waals surface area contributed by atoms with E-state index in [4.69, 9.17) is 9.47 Å². The van der Waals surface area contributed by atoms with Gasteiger partial charge in [0, 0.05) is 37.3 Å². The Morgan fingerprint density at radius 1 is 1.00 bits per heavy atom. The lowest BCUT2D eigenvalue weighted by Crippen LogP contribution is -2.81. The van der Waals surface area contributed by atoms with E-state index in [-0.39, 0.29) is 12.1 Å². The van der Waals surface area contributed by atoms with E-state index in [9.17, 15) is 5.11 Å². The summed E-state index contributed by atoms with van der Waals surface area (Å²) in [5, 5.41) is 12.9. The van der Waals surface area contributed by atoms with Crippen LogP contribution in [0.25, 0.3) is 0 Å². The van der Waals surface area contributed by atoms with Gasteiger partial charge in [-0.2, -0.15) is 0 Å². The molecule has 0 aromatic heterocycles. The number of aliphatic hydroxyl groups is 1. The highest BCUT2D eigenvalue weighted by molar-refractivity contribution is 5.64. The van der Waals surface area contributed by atoms with Crippen molar-refractivity contribution in [3.63, 3.8) is 0 Å². The maximum atomic E-state index is 17.2. The third kappa shape index (κ3) is 3.83. The lowest BCUT2D eigenvalue weighted by molar-refractivity contribution is -0.224. The number of piperidine rings is 1. The molecule has 1 spiro atoms. The Morgan fingerprint density at radius 2 is 1.73 bits per heavy atom. The lowest BCUT2D eigenvalue weighted by atomic mass is 9.47. The molecule has 1 N–H and O–H groups in total. The van der Waals surface area contributed by atoms with Crippen LogP contribution in [-0.4, -0.2) is 65.0 Å². The first-order valence-corrected chi connectivity index (χ1v) is 15.3. The van der Waals surface area contributed by atoms with Crippen molar-refractivity contribution in [2.75, 3.05) is 20.1 Å². The van der Waals surface area contributed by atoms with Gasteiger partial charge >= 0.3 is 0 Å². The zero-order chi connectivity index (χ0) is 27.8. The zero-order valence-electron chi connectivity index (χ0n) is 23.7. The average Bonchev–Trinajstić information content (AvgIpc) is 3.72. The van der Waals surface area contributed by atoms with Crippen molar-refractivity contribution >= 4 is 0 Å². The number of hydrogen-bond acceptors (Lipinski definition) is 5. The summed E-state index contributed by atoms with van der Waals surface area (Å²) in [4.78, 5) is 4.61. The van der Waals surface area contributed by atoms with Crippen LogP contribution in [0.15, 0.2) is 72.8 Å². The number of hydrogen-bond donors (Lipinski definition) is 1. The third-order valence-electron chi connectivity index (χ3n) is 10.8. The Morgan fingerprint density at radius 3 is 2.46 bits per heavy atom. The minimum atomic E-state index is -1.23. The van der Waals surface area contributed by atoms with E-state index in [2.05, 4.69) is 47.2 Å². The molecule has 3 aromatic carbocycles. The van der Waals surface area contributed by atoms with Crippen LogP contribution in [-0.2, 0) is 25.0 Å². The fourth-order valence-corrected chi connectivity index (χ4v) is 8.73.